The Morgan fingerprint density at radius 2 is 2.00 bits per heavy atom. The number of aryl methyl sites for hydroxylation is 2. The lowest BCUT2D eigenvalue weighted by Gasteiger charge is -2.22. The number of aliphatic hydroxyl groups is 1. The Balaban J connectivity index is 1.54. The Morgan fingerprint density at radius 1 is 1.26 bits per heavy atom. The van der Waals surface area contributed by atoms with Crippen LogP contribution in [0, 0.1) is 5.92 Å². The molecule has 1 aliphatic rings. The normalized spacial score (nSPS) is 19.5. The van der Waals surface area contributed by atoms with Crippen LogP contribution < -0.4 is 0 Å². The van der Waals surface area contributed by atoms with Crippen molar-refractivity contribution in [3.05, 3.63) is 69.9 Å². The van der Waals surface area contributed by atoms with Crippen LogP contribution in [0.1, 0.15) is 46.3 Å². The first-order valence-electron chi connectivity index (χ1n) is 11.5. The van der Waals surface area contributed by atoms with Gasteiger partial charge in [-0.3, -0.25) is 4.79 Å². The van der Waals surface area contributed by atoms with Crippen molar-refractivity contribution >= 4 is 23.2 Å². The van der Waals surface area contributed by atoms with Gasteiger partial charge in [0.05, 0.1) is 19.3 Å². The number of hydrogen-bond acceptors (Lipinski definition) is 5. The van der Waals surface area contributed by atoms with Gasteiger partial charge in [-0.05, 0) is 49.3 Å². The van der Waals surface area contributed by atoms with Gasteiger partial charge in [-0.15, -0.1) is 11.3 Å². The SMILES string of the molecule is COC(=O)c1ccc(CCCN2C(=O)C(F)(F)CC2C=CC(O)C(C)CCc2ccccc2)s1. The maximum Gasteiger partial charge on any atom is 0.348 e. The van der Waals surface area contributed by atoms with Crippen LogP contribution in [0.4, 0.5) is 8.78 Å². The zero-order valence-corrected chi connectivity index (χ0v) is 20.3. The minimum atomic E-state index is -3.40. The van der Waals surface area contributed by atoms with Crippen LogP contribution in [-0.2, 0) is 22.4 Å². The van der Waals surface area contributed by atoms with E-state index in [0.29, 0.717) is 17.7 Å². The van der Waals surface area contributed by atoms with Gasteiger partial charge in [0.1, 0.15) is 4.88 Å². The molecule has 1 N–H and O–H groups in total. The third-order valence-electron chi connectivity index (χ3n) is 6.15. The average Bonchev–Trinajstić information content (AvgIpc) is 3.39. The number of hydrogen-bond donors (Lipinski definition) is 1. The van der Waals surface area contributed by atoms with E-state index in [9.17, 15) is 23.5 Å². The summed E-state index contributed by atoms with van der Waals surface area (Å²) < 4.78 is 33.0. The molecule has 1 fully saturated rings. The second-order valence-electron chi connectivity index (χ2n) is 8.71. The van der Waals surface area contributed by atoms with Crippen molar-refractivity contribution in [3.8, 4) is 0 Å². The van der Waals surface area contributed by atoms with Gasteiger partial charge >= 0.3 is 11.9 Å². The summed E-state index contributed by atoms with van der Waals surface area (Å²) in [4.78, 5) is 26.5. The molecule has 8 heteroatoms. The number of carbonyl (C=O) groups excluding carboxylic acids is 2. The quantitative estimate of drug-likeness (QED) is 0.359. The van der Waals surface area contributed by atoms with Crippen LogP contribution in [0.25, 0.3) is 0 Å². The Bertz CT molecular complexity index is 992. The maximum absolute atomic E-state index is 14.2. The Hall–Kier alpha value is -2.58. The predicted octanol–water partition coefficient (Wildman–Crippen LogP) is 4.89. The Kier molecular flexibility index (Phi) is 8.97. The molecule has 1 aromatic carbocycles. The highest BCUT2D eigenvalue weighted by Gasteiger charge is 2.52. The minimum Gasteiger partial charge on any atom is -0.465 e. The molecule has 0 spiro atoms. The highest BCUT2D eigenvalue weighted by Crippen LogP contribution is 2.34. The minimum absolute atomic E-state index is 0.0506. The van der Waals surface area contributed by atoms with Gasteiger partial charge in [0.15, 0.2) is 0 Å². The fraction of sp³-hybridized carbons (Fsp3) is 0.462. The molecule has 0 aliphatic carbocycles. The number of halogens is 2. The van der Waals surface area contributed by atoms with E-state index >= 15 is 0 Å². The first-order chi connectivity index (χ1) is 16.2. The fourth-order valence-corrected chi connectivity index (χ4v) is 5.02. The second kappa shape index (κ2) is 11.7. The lowest BCUT2D eigenvalue weighted by atomic mass is 9.95. The number of likely N-dealkylation sites (tertiary alicyclic amines) is 1. The summed E-state index contributed by atoms with van der Waals surface area (Å²) in [5.41, 5.74) is 1.18. The fourth-order valence-electron chi connectivity index (χ4n) is 4.05. The zero-order valence-electron chi connectivity index (χ0n) is 19.5. The lowest BCUT2D eigenvalue weighted by Crippen LogP contribution is -2.36. The third kappa shape index (κ3) is 6.73. The van der Waals surface area contributed by atoms with E-state index in [0.717, 1.165) is 17.7 Å². The molecule has 0 saturated carbocycles. The van der Waals surface area contributed by atoms with Crippen molar-refractivity contribution in [3.63, 3.8) is 0 Å². The summed E-state index contributed by atoms with van der Waals surface area (Å²) in [6.45, 7) is 2.10. The second-order valence-corrected chi connectivity index (χ2v) is 9.88. The number of esters is 1. The van der Waals surface area contributed by atoms with Gasteiger partial charge in [0.2, 0.25) is 0 Å². The number of carbonyl (C=O) groups is 2. The molecule has 1 aromatic heterocycles. The number of ether oxygens (including phenoxy) is 1. The molecule has 3 unspecified atom stereocenters. The van der Waals surface area contributed by atoms with Crippen LogP contribution in [0.5, 0.6) is 0 Å². The summed E-state index contributed by atoms with van der Waals surface area (Å²) in [6, 6.07) is 12.7. The number of nitrogens with zero attached hydrogens (tertiary/aromatic N) is 1. The maximum atomic E-state index is 14.2. The summed E-state index contributed by atoms with van der Waals surface area (Å²) >= 11 is 1.30. The molecule has 5 nitrogen and oxygen atoms in total. The van der Waals surface area contributed by atoms with E-state index in [1.54, 1.807) is 18.2 Å². The molecule has 2 heterocycles. The molecule has 184 valence electrons. The average molecular weight is 492 g/mol. The predicted molar refractivity (Wildman–Crippen MR) is 128 cm³/mol. The van der Waals surface area contributed by atoms with Crippen molar-refractivity contribution in [1.82, 2.24) is 4.90 Å². The summed E-state index contributed by atoms with van der Waals surface area (Å²) in [6.07, 6.45) is 4.35. The molecule has 3 rings (SSSR count). The van der Waals surface area contributed by atoms with Crippen LogP contribution in [0.15, 0.2) is 54.6 Å². The van der Waals surface area contributed by atoms with Crippen molar-refractivity contribution in [2.45, 2.75) is 57.1 Å². The number of alkyl halides is 2. The van der Waals surface area contributed by atoms with Crippen LogP contribution in [0.2, 0.25) is 0 Å². The third-order valence-corrected chi connectivity index (χ3v) is 7.28. The topological polar surface area (TPSA) is 66.8 Å². The molecule has 1 amide bonds. The lowest BCUT2D eigenvalue weighted by molar-refractivity contribution is -0.148. The Labute approximate surface area is 203 Å². The van der Waals surface area contributed by atoms with Gasteiger partial charge < -0.3 is 14.7 Å². The number of benzene rings is 1. The van der Waals surface area contributed by atoms with Crippen molar-refractivity contribution in [2.75, 3.05) is 13.7 Å². The Morgan fingerprint density at radius 3 is 2.71 bits per heavy atom. The van der Waals surface area contributed by atoms with Crippen LogP contribution >= 0.6 is 11.3 Å². The molecular formula is C26H31F2NO4S. The first kappa shape index (κ1) is 26.0. The van der Waals surface area contributed by atoms with Gasteiger partial charge in [-0.25, -0.2) is 4.79 Å². The van der Waals surface area contributed by atoms with E-state index in [2.05, 4.69) is 0 Å². The standard InChI is InChI=1S/C26H31F2NO4S/c1-18(10-11-19-7-4-3-5-8-19)22(30)14-12-20-17-26(27,28)25(32)29(20)16-6-9-21-13-15-23(34-21)24(31)33-2/h3-5,7-8,12-15,18,20,22,30H,6,9-11,16-17H2,1-2H3. The van der Waals surface area contributed by atoms with Crippen LogP contribution in [-0.4, -0.2) is 53.6 Å². The first-order valence-corrected chi connectivity index (χ1v) is 12.3. The van der Waals surface area contributed by atoms with Gasteiger partial charge in [0, 0.05) is 17.8 Å². The molecule has 3 atom stereocenters. The summed E-state index contributed by atoms with van der Waals surface area (Å²) in [5.74, 6) is -5.03. The van der Waals surface area contributed by atoms with Crippen molar-refractivity contribution in [1.29, 1.82) is 0 Å². The van der Waals surface area contributed by atoms with E-state index in [-0.39, 0.29) is 12.5 Å². The van der Waals surface area contributed by atoms with Crippen molar-refractivity contribution in [2.24, 2.45) is 5.92 Å². The number of methoxy groups -OCH3 is 1. The van der Waals surface area contributed by atoms with Gasteiger partial charge in [0.25, 0.3) is 5.91 Å². The van der Waals surface area contributed by atoms with Crippen LogP contribution in [0.3, 0.4) is 0 Å². The summed E-state index contributed by atoms with van der Waals surface area (Å²) in [5, 5.41) is 10.5. The molecule has 0 radical (unpaired) electrons. The van der Waals surface area contributed by atoms with E-state index in [1.807, 2.05) is 43.3 Å². The number of aliphatic hydroxyl groups excluding tert-OH is 1. The number of amides is 1. The zero-order chi connectivity index (χ0) is 24.7. The highest BCUT2D eigenvalue weighted by atomic mass is 32.1. The molecule has 2 aromatic rings. The highest BCUT2D eigenvalue weighted by molar-refractivity contribution is 7.13. The number of rotatable bonds is 11. The van der Waals surface area contributed by atoms with Gasteiger partial charge in [-0.2, -0.15) is 8.78 Å². The van der Waals surface area contributed by atoms with E-state index in [1.165, 1.54) is 28.9 Å². The molecule has 0 bridgehead atoms. The molecule has 1 aliphatic heterocycles. The number of thiophene rings is 1. The summed E-state index contributed by atoms with van der Waals surface area (Å²) in [7, 11) is 1.32. The smallest absolute Gasteiger partial charge is 0.348 e. The van der Waals surface area contributed by atoms with E-state index in [4.69, 9.17) is 4.74 Å². The molecule has 1 saturated heterocycles. The molecular weight excluding hydrogens is 460 g/mol. The molecule has 34 heavy (non-hydrogen) atoms. The van der Waals surface area contributed by atoms with Gasteiger partial charge in [-0.1, -0.05) is 49.4 Å². The largest absolute Gasteiger partial charge is 0.465 e. The van der Waals surface area contributed by atoms with E-state index < -0.39 is 36.4 Å². The van der Waals surface area contributed by atoms with Crippen molar-refractivity contribution < 1.29 is 28.2 Å². The monoisotopic (exact) mass is 491 g/mol.